The van der Waals surface area contributed by atoms with Gasteiger partial charge in [0.1, 0.15) is 17.6 Å². The molecule has 1 atom stereocenters. The van der Waals surface area contributed by atoms with E-state index in [2.05, 4.69) is 0 Å². The molecule has 0 saturated heterocycles. The summed E-state index contributed by atoms with van der Waals surface area (Å²) in [6.07, 6.45) is 0.301. The highest BCUT2D eigenvalue weighted by Crippen LogP contribution is 2.24. The number of carbonyl (C=O) groups is 3. The van der Waals surface area contributed by atoms with E-state index >= 15 is 0 Å². The quantitative estimate of drug-likeness (QED) is 0.714. The standard InChI is InChI=1S/C21H20FNO6/c1-27-15-7-8-16(17(22)10-15)20(25)29-12-19(24)23-11-14-6-4-3-5-13(14)9-18(23)21(26)28-2/h3-8,10,18H,9,11-12H2,1-2H3/t18-/m1/s1. The van der Waals surface area contributed by atoms with Crippen molar-refractivity contribution in [2.24, 2.45) is 0 Å². The number of rotatable bonds is 5. The van der Waals surface area contributed by atoms with E-state index in [0.717, 1.165) is 17.2 Å². The summed E-state index contributed by atoms with van der Waals surface area (Å²) in [4.78, 5) is 38.3. The number of esters is 2. The molecule has 0 bridgehead atoms. The number of fused-ring (bicyclic) bond motifs is 1. The zero-order valence-electron chi connectivity index (χ0n) is 16.0. The van der Waals surface area contributed by atoms with Crippen molar-refractivity contribution in [3.05, 3.63) is 65.0 Å². The first-order valence-electron chi connectivity index (χ1n) is 8.89. The van der Waals surface area contributed by atoms with Crippen LogP contribution in [0.25, 0.3) is 0 Å². The first kappa shape index (κ1) is 20.3. The SMILES string of the molecule is COC(=O)[C@H]1Cc2ccccc2CN1C(=O)COC(=O)c1ccc(OC)cc1F. The minimum absolute atomic E-state index is 0.184. The zero-order valence-corrected chi connectivity index (χ0v) is 16.0. The van der Waals surface area contributed by atoms with Crippen LogP contribution >= 0.6 is 0 Å². The van der Waals surface area contributed by atoms with Crippen LogP contribution in [0.3, 0.4) is 0 Å². The van der Waals surface area contributed by atoms with Crippen molar-refractivity contribution >= 4 is 17.8 Å². The van der Waals surface area contributed by atoms with Gasteiger partial charge >= 0.3 is 11.9 Å². The van der Waals surface area contributed by atoms with Crippen LogP contribution in [-0.4, -0.2) is 49.6 Å². The minimum atomic E-state index is -0.981. The van der Waals surface area contributed by atoms with Gasteiger partial charge in [0.05, 0.1) is 19.8 Å². The van der Waals surface area contributed by atoms with Gasteiger partial charge in [0, 0.05) is 19.0 Å². The molecule has 0 unspecified atom stereocenters. The predicted molar refractivity (Wildman–Crippen MR) is 99.7 cm³/mol. The summed E-state index contributed by atoms with van der Waals surface area (Å²) in [5.41, 5.74) is 1.53. The van der Waals surface area contributed by atoms with Gasteiger partial charge in [0.2, 0.25) is 0 Å². The molecule has 0 N–H and O–H groups in total. The monoisotopic (exact) mass is 401 g/mol. The number of methoxy groups -OCH3 is 2. The van der Waals surface area contributed by atoms with E-state index in [1.54, 1.807) is 0 Å². The molecule has 0 radical (unpaired) electrons. The molecule has 3 rings (SSSR count). The number of carbonyl (C=O) groups excluding carboxylic acids is 3. The lowest BCUT2D eigenvalue weighted by molar-refractivity contribution is -0.155. The van der Waals surface area contributed by atoms with E-state index < -0.39 is 36.3 Å². The Morgan fingerprint density at radius 2 is 1.83 bits per heavy atom. The molecule has 8 heteroatoms. The summed E-state index contributed by atoms with van der Waals surface area (Å²) in [6, 6.07) is 10.3. The van der Waals surface area contributed by atoms with E-state index in [-0.39, 0.29) is 17.9 Å². The van der Waals surface area contributed by atoms with Gasteiger partial charge in [-0.05, 0) is 23.3 Å². The molecule has 1 aliphatic heterocycles. The maximum Gasteiger partial charge on any atom is 0.341 e. The maximum absolute atomic E-state index is 14.0. The van der Waals surface area contributed by atoms with Crippen LogP contribution in [0.5, 0.6) is 5.75 Å². The number of amides is 1. The fourth-order valence-electron chi connectivity index (χ4n) is 3.21. The van der Waals surface area contributed by atoms with Crippen LogP contribution in [0.2, 0.25) is 0 Å². The van der Waals surface area contributed by atoms with Gasteiger partial charge in [0.25, 0.3) is 5.91 Å². The number of hydrogen-bond acceptors (Lipinski definition) is 6. The molecule has 7 nitrogen and oxygen atoms in total. The molecule has 1 amide bonds. The summed E-state index contributed by atoms with van der Waals surface area (Å²) >= 11 is 0. The molecule has 0 aliphatic carbocycles. The van der Waals surface area contributed by atoms with E-state index in [1.807, 2.05) is 24.3 Å². The molecular weight excluding hydrogens is 381 g/mol. The Morgan fingerprint density at radius 1 is 1.10 bits per heavy atom. The van der Waals surface area contributed by atoms with E-state index in [9.17, 15) is 18.8 Å². The van der Waals surface area contributed by atoms with Gasteiger partial charge < -0.3 is 19.1 Å². The second kappa shape index (κ2) is 8.72. The third-order valence-electron chi connectivity index (χ3n) is 4.77. The summed E-state index contributed by atoms with van der Waals surface area (Å²) in [5, 5.41) is 0. The molecule has 0 aromatic heterocycles. The van der Waals surface area contributed by atoms with Crippen LogP contribution in [0.4, 0.5) is 4.39 Å². The summed E-state index contributed by atoms with van der Waals surface area (Å²) < 4.78 is 28.7. The summed E-state index contributed by atoms with van der Waals surface area (Å²) in [7, 11) is 2.62. The summed E-state index contributed by atoms with van der Waals surface area (Å²) in [6.45, 7) is -0.441. The average molecular weight is 401 g/mol. The molecule has 0 saturated carbocycles. The molecule has 0 spiro atoms. The van der Waals surface area contributed by atoms with Crippen molar-refractivity contribution in [3.8, 4) is 5.75 Å². The van der Waals surface area contributed by atoms with E-state index in [4.69, 9.17) is 14.2 Å². The molecule has 2 aromatic carbocycles. The highest BCUT2D eigenvalue weighted by molar-refractivity contribution is 5.92. The van der Waals surface area contributed by atoms with Gasteiger partial charge in [-0.25, -0.2) is 14.0 Å². The van der Waals surface area contributed by atoms with Gasteiger partial charge in [-0.1, -0.05) is 24.3 Å². The Balaban J connectivity index is 1.71. The largest absolute Gasteiger partial charge is 0.497 e. The topological polar surface area (TPSA) is 82.1 Å². The Morgan fingerprint density at radius 3 is 2.48 bits per heavy atom. The van der Waals surface area contributed by atoms with Crippen LogP contribution < -0.4 is 4.74 Å². The van der Waals surface area contributed by atoms with Crippen LogP contribution in [-0.2, 0) is 32.0 Å². The Hall–Kier alpha value is -3.42. The van der Waals surface area contributed by atoms with E-state index in [0.29, 0.717) is 6.42 Å². The molecule has 1 heterocycles. The van der Waals surface area contributed by atoms with Gasteiger partial charge in [-0.3, -0.25) is 4.79 Å². The Labute approximate surface area is 167 Å². The molecular formula is C21H20FNO6. The Bertz CT molecular complexity index is 945. The molecule has 29 heavy (non-hydrogen) atoms. The predicted octanol–water partition coefficient (Wildman–Crippen LogP) is 2.12. The fraction of sp³-hybridized carbons (Fsp3) is 0.286. The van der Waals surface area contributed by atoms with Gasteiger partial charge in [0.15, 0.2) is 6.61 Å². The number of ether oxygens (including phenoxy) is 3. The van der Waals surface area contributed by atoms with Gasteiger partial charge in [-0.2, -0.15) is 0 Å². The maximum atomic E-state index is 14.0. The lowest BCUT2D eigenvalue weighted by atomic mass is 9.94. The molecule has 1 aliphatic rings. The normalized spacial score (nSPS) is 15.3. The van der Waals surface area contributed by atoms with Crippen LogP contribution in [0.1, 0.15) is 21.5 Å². The molecule has 0 fully saturated rings. The first-order chi connectivity index (χ1) is 13.9. The Kier molecular flexibility index (Phi) is 6.11. The van der Waals surface area contributed by atoms with Crippen molar-refractivity contribution in [1.82, 2.24) is 4.90 Å². The molecule has 152 valence electrons. The van der Waals surface area contributed by atoms with E-state index in [1.165, 1.54) is 31.3 Å². The smallest absolute Gasteiger partial charge is 0.341 e. The van der Waals surface area contributed by atoms with Crippen LogP contribution in [0, 0.1) is 5.82 Å². The number of hydrogen-bond donors (Lipinski definition) is 0. The molecule has 2 aromatic rings. The van der Waals surface area contributed by atoms with Gasteiger partial charge in [-0.15, -0.1) is 0 Å². The van der Waals surface area contributed by atoms with Crippen molar-refractivity contribution in [3.63, 3.8) is 0 Å². The fourth-order valence-corrected chi connectivity index (χ4v) is 3.21. The second-order valence-electron chi connectivity index (χ2n) is 6.46. The van der Waals surface area contributed by atoms with Crippen molar-refractivity contribution < 1.29 is 33.0 Å². The third kappa shape index (κ3) is 4.37. The lowest BCUT2D eigenvalue weighted by Crippen LogP contribution is -2.50. The number of nitrogens with zero attached hydrogens (tertiary/aromatic N) is 1. The third-order valence-corrected chi connectivity index (χ3v) is 4.77. The highest BCUT2D eigenvalue weighted by Gasteiger charge is 2.35. The van der Waals surface area contributed by atoms with Crippen LogP contribution in [0.15, 0.2) is 42.5 Å². The number of halogens is 1. The van der Waals surface area contributed by atoms with Crippen molar-refractivity contribution in [2.45, 2.75) is 19.0 Å². The summed E-state index contributed by atoms with van der Waals surface area (Å²) in [5.74, 6) is -2.67. The zero-order chi connectivity index (χ0) is 21.0. The lowest BCUT2D eigenvalue weighted by Gasteiger charge is -2.35. The second-order valence-corrected chi connectivity index (χ2v) is 6.46. The highest BCUT2D eigenvalue weighted by atomic mass is 19.1. The minimum Gasteiger partial charge on any atom is -0.497 e. The van der Waals surface area contributed by atoms with Crippen molar-refractivity contribution in [1.29, 1.82) is 0 Å². The average Bonchev–Trinajstić information content (AvgIpc) is 2.75. The number of benzene rings is 2. The first-order valence-corrected chi connectivity index (χ1v) is 8.89. The van der Waals surface area contributed by atoms with Crippen molar-refractivity contribution in [2.75, 3.05) is 20.8 Å².